The van der Waals surface area contributed by atoms with Crippen LogP contribution >= 0.6 is 11.3 Å². The summed E-state index contributed by atoms with van der Waals surface area (Å²) >= 11 is 1.66. The van der Waals surface area contributed by atoms with E-state index in [2.05, 4.69) is 24.3 Å². The molecule has 0 aromatic carbocycles. The molecule has 2 atom stereocenters. The molecule has 4 rings (SSSR count). The summed E-state index contributed by atoms with van der Waals surface area (Å²) in [5.74, 6) is 0.403. The van der Waals surface area contributed by atoms with Crippen molar-refractivity contribution in [3.8, 4) is 0 Å². The number of aryl methyl sites for hydroxylation is 1. The molecule has 0 amide bonds. The summed E-state index contributed by atoms with van der Waals surface area (Å²) in [5, 5.41) is 9.44. The van der Waals surface area contributed by atoms with Gasteiger partial charge < -0.3 is 14.8 Å². The average Bonchev–Trinajstić information content (AvgIpc) is 3.20. The Kier molecular flexibility index (Phi) is 4.36. The van der Waals surface area contributed by atoms with Crippen molar-refractivity contribution in [1.82, 2.24) is 19.9 Å². The lowest BCUT2D eigenvalue weighted by atomic mass is 9.89. The van der Waals surface area contributed by atoms with E-state index in [4.69, 9.17) is 14.5 Å². The molecule has 0 bridgehead atoms. The highest BCUT2D eigenvalue weighted by Crippen LogP contribution is 2.33. The van der Waals surface area contributed by atoms with Crippen molar-refractivity contribution in [3.05, 3.63) is 16.4 Å². The van der Waals surface area contributed by atoms with Gasteiger partial charge in [0, 0.05) is 32.2 Å². The van der Waals surface area contributed by atoms with Crippen molar-refractivity contribution in [2.75, 3.05) is 19.8 Å². The molecule has 2 fully saturated rings. The van der Waals surface area contributed by atoms with E-state index in [9.17, 15) is 0 Å². The standard InChI is InChI=1S/C17H26N4O2S/c1-11(2)15-14(21-16(19-15)24-12(3)20-21)9-18-13-4-6-23-17(8-13)5-7-22-10-17/h11,13,18H,4-10H2,1-3H3. The predicted octanol–water partition coefficient (Wildman–Crippen LogP) is 2.65. The fourth-order valence-corrected chi connectivity index (χ4v) is 4.60. The first-order valence-corrected chi connectivity index (χ1v) is 9.68. The first-order chi connectivity index (χ1) is 11.6. The van der Waals surface area contributed by atoms with Crippen LogP contribution in [0.5, 0.6) is 0 Å². The van der Waals surface area contributed by atoms with Crippen molar-refractivity contribution in [3.63, 3.8) is 0 Å². The quantitative estimate of drug-likeness (QED) is 0.918. The second kappa shape index (κ2) is 6.37. The summed E-state index contributed by atoms with van der Waals surface area (Å²) in [6.07, 6.45) is 3.10. The topological polar surface area (TPSA) is 60.7 Å². The Morgan fingerprint density at radius 3 is 3.04 bits per heavy atom. The van der Waals surface area contributed by atoms with Crippen molar-refractivity contribution in [1.29, 1.82) is 0 Å². The summed E-state index contributed by atoms with van der Waals surface area (Å²) < 4.78 is 13.6. The van der Waals surface area contributed by atoms with Crippen LogP contribution in [-0.4, -0.2) is 46.1 Å². The van der Waals surface area contributed by atoms with Crippen LogP contribution in [0.1, 0.15) is 55.4 Å². The fraction of sp³-hybridized carbons (Fsp3) is 0.765. The molecular weight excluding hydrogens is 324 g/mol. The molecule has 2 aliphatic rings. The first-order valence-electron chi connectivity index (χ1n) is 8.86. The van der Waals surface area contributed by atoms with Crippen molar-refractivity contribution in [2.24, 2.45) is 0 Å². The molecule has 7 heteroatoms. The van der Waals surface area contributed by atoms with Crippen molar-refractivity contribution >= 4 is 16.3 Å². The van der Waals surface area contributed by atoms with Crippen molar-refractivity contribution in [2.45, 2.75) is 64.1 Å². The first kappa shape index (κ1) is 16.4. The Balaban J connectivity index is 1.50. The molecule has 132 valence electrons. The second-order valence-electron chi connectivity index (χ2n) is 7.32. The SMILES string of the molecule is Cc1nn2c(CNC3CCOC4(CCOC4)C3)c(C(C)C)nc2s1. The molecule has 2 aromatic heterocycles. The lowest BCUT2D eigenvalue weighted by Crippen LogP contribution is -2.47. The fourth-order valence-electron chi connectivity index (χ4n) is 3.84. The molecule has 4 heterocycles. The molecule has 1 spiro atoms. The zero-order valence-corrected chi connectivity index (χ0v) is 15.5. The number of ether oxygens (including phenoxy) is 2. The maximum atomic E-state index is 6.04. The van der Waals surface area contributed by atoms with E-state index in [0.717, 1.165) is 61.3 Å². The van der Waals surface area contributed by atoms with Crippen LogP contribution < -0.4 is 5.32 Å². The largest absolute Gasteiger partial charge is 0.378 e. The van der Waals surface area contributed by atoms with Gasteiger partial charge in [0.1, 0.15) is 5.01 Å². The maximum absolute atomic E-state index is 6.04. The van der Waals surface area contributed by atoms with Crippen LogP contribution in [0.15, 0.2) is 0 Å². The summed E-state index contributed by atoms with van der Waals surface area (Å²) in [6.45, 7) is 9.61. The van der Waals surface area contributed by atoms with E-state index in [1.807, 2.05) is 11.4 Å². The molecule has 2 saturated heterocycles. The number of hydrogen-bond acceptors (Lipinski definition) is 6. The third-order valence-electron chi connectivity index (χ3n) is 5.09. The Hall–Kier alpha value is -1.02. The van der Waals surface area contributed by atoms with Crippen LogP contribution in [0.25, 0.3) is 4.96 Å². The van der Waals surface area contributed by atoms with E-state index in [1.54, 1.807) is 11.3 Å². The third-order valence-corrected chi connectivity index (χ3v) is 5.92. The van der Waals surface area contributed by atoms with Crippen LogP contribution in [0.4, 0.5) is 0 Å². The molecule has 0 saturated carbocycles. The van der Waals surface area contributed by atoms with E-state index in [0.29, 0.717) is 12.0 Å². The van der Waals surface area contributed by atoms with Gasteiger partial charge in [0.05, 0.1) is 23.6 Å². The lowest BCUT2D eigenvalue weighted by Gasteiger charge is -2.37. The van der Waals surface area contributed by atoms with Crippen LogP contribution in [0, 0.1) is 6.92 Å². The normalized spacial score (nSPS) is 27.8. The van der Waals surface area contributed by atoms with Crippen LogP contribution in [0.2, 0.25) is 0 Å². The van der Waals surface area contributed by atoms with Gasteiger partial charge in [-0.05, 0) is 25.7 Å². The summed E-state index contributed by atoms with van der Waals surface area (Å²) in [4.78, 5) is 5.80. The van der Waals surface area contributed by atoms with Crippen molar-refractivity contribution < 1.29 is 9.47 Å². The number of nitrogens with zero attached hydrogens (tertiary/aromatic N) is 3. The monoisotopic (exact) mass is 350 g/mol. The number of hydrogen-bond donors (Lipinski definition) is 1. The van der Waals surface area contributed by atoms with E-state index >= 15 is 0 Å². The zero-order valence-electron chi connectivity index (χ0n) is 14.7. The zero-order chi connectivity index (χ0) is 16.7. The summed E-state index contributed by atoms with van der Waals surface area (Å²) in [5.41, 5.74) is 2.31. The molecule has 0 aliphatic carbocycles. The van der Waals surface area contributed by atoms with Gasteiger partial charge in [0.25, 0.3) is 0 Å². The smallest absolute Gasteiger partial charge is 0.212 e. The molecule has 2 unspecified atom stereocenters. The minimum Gasteiger partial charge on any atom is -0.378 e. The van der Waals surface area contributed by atoms with Gasteiger partial charge in [-0.3, -0.25) is 0 Å². The molecule has 2 aromatic rings. The number of imidazole rings is 1. The summed E-state index contributed by atoms with van der Waals surface area (Å²) in [7, 11) is 0. The third kappa shape index (κ3) is 2.98. The minimum atomic E-state index is -0.0548. The maximum Gasteiger partial charge on any atom is 0.212 e. The number of aromatic nitrogens is 3. The van der Waals surface area contributed by atoms with Gasteiger partial charge in [0.15, 0.2) is 0 Å². The Morgan fingerprint density at radius 1 is 1.42 bits per heavy atom. The highest BCUT2D eigenvalue weighted by atomic mass is 32.1. The highest BCUT2D eigenvalue weighted by Gasteiger charge is 2.40. The van der Waals surface area contributed by atoms with Crippen LogP contribution in [0.3, 0.4) is 0 Å². The van der Waals surface area contributed by atoms with Gasteiger partial charge >= 0.3 is 0 Å². The Labute approximate surface area is 146 Å². The molecule has 1 N–H and O–H groups in total. The number of nitrogens with one attached hydrogen (secondary N) is 1. The Morgan fingerprint density at radius 2 is 2.29 bits per heavy atom. The minimum absolute atomic E-state index is 0.0548. The van der Waals surface area contributed by atoms with Crippen LogP contribution in [-0.2, 0) is 16.0 Å². The molecular formula is C17H26N4O2S. The summed E-state index contributed by atoms with van der Waals surface area (Å²) in [6, 6.07) is 0.464. The lowest BCUT2D eigenvalue weighted by molar-refractivity contribution is -0.0895. The second-order valence-corrected chi connectivity index (χ2v) is 8.48. The number of fused-ring (bicyclic) bond motifs is 1. The molecule has 2 aliphatic heterocycles. The van der Waals surface area contributed by atoms with Gasteiger partial charge in [-0.15, -0.1) is 0 Å². The van der Waals surface area contributed by atoms with E-state index < -0.39 is 0 Å². The van der Waals surface area contributed by atoms with Gasteiger partial charge in [-0.2, -0.15) is 5.10 Å². The van der Waals surface area contributed by atoms with Gasteiger partial charge in [0.2, 0.25) is 4.96 Å². The molecule has 6 nitrogen and oxygen atoms in total. The van der Waals surface area contributed by atoms with Gasteiger partial charge in [-0.25, -0.2) is 9.50 Å². The average molecular weight is 350 g/mol. The van der Waals surface area contributed by atoms with Gasteiger partial charge in [-0.1, -0.05) is 25.2 Å². The molecule has 0 radical (unpaired) electrons. The Bertz CT molecular complexity index is 718. The molecule has 24 heavy (non-hydrogen) atoms. The highest BCUT2D eigenvalue weighted by molar-refractivity contribution is 7.16. The van der Waals surface area contributed by atoms with E-state index in [1.165, 1.54) is 5.69 Å². The van der Waals surface area contributed by atoms with E-state index in [-0.39, 0.29) is 5.60 Å². The number of rotatable bonds is 4. The predicted molar refractivity (Wildman–Crippen MR) is 93.7 cm³/mol.